The normalized spacial score (nSPS) is 14.3. The summed E-state index contributed by atoms with van der Waals surface area (Å²) in [6.07, 6.45) is 8.22. The number of halogens is 2. The maximum absolute atomic E-state index is 2.60. The molecule has 0 aromatic rings. The van der Waals surface area contributed by atoms with E-state index in [9.17, 15) is 0 Å². The molecule has 13 heavy (non-hydrogen) atoms. The van der Waals surface area contributed by atoms with E-state index in [1.54, 1.807) is 0 Å². The van der Waals surface area contributed by atoms with Gasteiger partial charge in [-0.15, -0.1) is 24.8 Å². The van der Waals surface area contributed by atoms with Gasteiger partial charge in [0.2, 0.25) is 0 Å². The van der Waals surface area contributed by atoms with Gasteiger partial charge < -0.3 is 0 Å². The van der Waals surface area contributed by atoms with Crippen molar-refractivity contribution in [3.05, 3.63) is 21.6 Å². The van der Waals surface area contributed by atoms with Gasteiger partial charge in [-0.1, -0.05) is 0 Å². The van der Waals surface area contributed by atoms with E-state index < -0.39 is 18.6 Å². The molecule has 0 radical (unpaired) electrons. The van der Waals surface area contributed by atoms with Gasteiger partial charge in [0.05, 0.1) is 0 Å². The van der Waals surface area contributed by atoms with Gasteiger partial charge in [0.1, 0.15) is 0 Å². The van der Waals surface area contributed by atoms with Crippen molar-refractivity contribution in [2.24, 2.45) is 0 Å². The van der Waals surface area contributed by atoms with Crippen LogP contribution in [0, 0.1) is 0 Å². The molecule has 1 rings (SSSR count). The Balaban J connectivity index is 0. The molecule has 0 aromatic carbocycles. The van der Waals surface area contributed by atoms with E-state index >= 15 is 0 Å². The summed E-state index contributed by atoms with van der Waals surface area (Å²) in [5, 5.41) is 0. The van der Waals surface area contributed by atoms with Gasteiger partial charge in [-0.25, -0.2) is 0 Å². The first-order valence-electron chi connectivity index (χ1n) is 4.22. The first kappa shape index (κ1) is 16.6. The molecule has 1 aliphatic rings. The molecule has 0 unspecified atom stereocenters. The molecular weight excluding hydrogens is 386 g/mol. The van der Waals surface area contributed by atoms with E-state index in [0.29, 0.717) is 0 Å². The Morgan fingerprint density at radius 1 is 1.23 bits per heavy atom. The van der Waals surface area contributed by atoms with Crippen LogP contribution < -0.4 is 0 Å². The third-order valence-electron chi connectivity index (χ3n) is 2.82. The SMILES string of the molecule is C[Si](C)=[Hf]([CH3])([CH3])[C]1=CC=CC1.Cl.Cl. The molecule has 0 bridgehead atoms. The molecule has 0 atom stereocenters. The van der Waals surface area contributed by atoms with Crippen molar-refractivity contribution in [2.75, 3.05) is 0 Å². The average Bonchev–Trinajstić information content (AvgIpc) is 2.37. The largest absolute Gasteiger partial charge is 0.147 e. The summed E-state index contributed by atoms with van der Waals surface area (Å²) in [6, 6.07) is 0. The van der Waals surface area contributed by atoms with Crippen molar-refractivity contribution in [2.45, 2.75) is 28.9 Å². The molecule has 0 aromatic heterocycles. The smallest absolute Gasteiger partial charge is 0.147 e. The Labute approximate surface area is 98.6 Å². The zero-order chi connectivity index (χ0) is 8.48. The van der Waals surface area contributed by atoms with Crippen molar-refractivity contribution in [3.8, 4) is 0 Å². The summed E-state index contributed by atoms with van der Waals surface area (Å²) in [6.45, 7) is 4.98. The van der Waals surface area contributed by atoms with Crippen LogP contribution in [0.3, 0.4) is 0 Å². The van der Waals surface area contributed by atoms with Gasteiger partial charge in [0, 0.05) is 0 Å². The molecule has 0 amide bonds. The average molecular weight is 405 g/mol. The summed E-state index contributed by atoms with van der Waals surface area (Å²) in [7, 11) is 0. The molecule has 0 fully saturated rings. The van der Waals surface area contributed by atoms with Gasteiger partial charge in [-0.05, 0) is 0 Å². The second-order valence-corrected chi connectivity index (χ2v) is 40.9. The maximum atomic E-state index is 2.60. The molecule has 0 heterocycles. The van der Waals surface area contributed by atoms with E-state index in [0.717, 1.165) is 0 Å². The van der Waals surface area contributed by atoms with E-state index in [4.69, 9.17) is 0 Å². The minimum absolute atomic E-state index is 0. The topological polar surface area (TPSA) is 0 Å². The first-order valence-corrected chi connectivity index (χ1v) is 21.1. The van der Waals surface area contributed by atoms with Crippen molar-refractivity contribution < 1.29 is 18.6 Å². The summed E-state index contributed by atoms with van der Waals surface area (Å²) in [5.41, 5.74) is 0.0202. The summed E-state index contributed by atoms with van der Waals surface area (Å²) < 4.78 is 7.04. The van der Waals surface area contributed by atoms with E-state index in [2.05, 4.69) is 40.7 Å². The van der Waals surface area contributed by atoms with Crippen LogP contribution in [-0.4, -0.2) is 5.49 Å². The van der Waals surface area contributed by atoms with Crippen LogP contribution in [0.4, 0.5) is 0 Å². The third kappa shape index (κ3) is 4.02. The molecule has 0 nitrogen and oxygen atoms in total. The van der Waals surface area contributed by atoms with E-state index in [1.165, 1.54) is 6.42 Å². The van der Waals surface area contributed by atoms with Crippen molar-refractivity contribution in [1.82, 2.24) is 0 Å². The van der Waals surface area contributed by atoms with Crippen LogP contribution in [0.1, 0.15) is 6.42 Å². The minimum atomic E-state index is -1.80. The van der Waals surface area contributed by atoms with Gasteiger partial charge in [0.15, 0.2) is 0 Å². The van der Waals surface area contributed by atoms with Gasteiger partial charge >= 0.3 is 74.5 Å². The van der Waals surface area contributed by atoms with Crippen LogP contribution in [-0.2, 0) is 18.6 Å². The molecule has 0 spiro atoms. The molecule has 4 heteroatoms. The predicted molar refractivity (Wildman–Crippen MR) is 65.5 cm³/mol. The zero-order valence-corrected chi connectivity index (χ0v) is 15.0. The van der Waals surface area contributed by atoms with Crippen LogP contribution in [0.2, 0.25) is 22.5 Å². The molecular formula is C9H19Cl2HfSi. The van der Waals surface area contributed by atoms with Crippen LogP contribution in [0.5, 0.6) is 0 Å². The minimum Gasteiger partial charge on any atom is -0.147 e. The van der Waals surface area contributed by atoms with Crippen molar-refractivity contribution >= 4 is 30.3 Å². The third-order valence-corrected chi connectivity index (χ3v) is 42.0. The first-order chi connectivity index (χ1) is 5.05. The van der Waals surface area contributed by atoms with E-state index in [1.807, 2.05) is 3.33 Å². The fraction of sp³-hybridized carbons (Fsp3) is 0.556. The van der Waals surface area contributed by atoms with Crippen LogP contribution in [0.25, 0.3) is 0 Å². The van der Waals surface area contributed by atoms with Gasteiger partial charge in [0.25, 0.3) is 0 Å². The zero-order valence-electron chi connectivity index (χ0n) is 8.76. The Kier molecular flexibility index (Phi) is 8.41. The van der Waals surface area contributed by atoms with Crippen molar-refractivity contribution in [1.29, 1.82) is 0 Å². The number of allylic oxidation sites excluding steroid dienone is 4. The Hall–Kier alpha value is 1.15. The van der Waals surface area contributed by atoms with Crippen molar-refractivity contribution in [3.63, 3.8) is 0 Å². The van der Waals surface area contributed by atoms with Gasteiger partial charge in [-0.3, -0.25) is 0 Å². The molecule has 77 valence electrons. The Bertz CT molecular complexity index is 269. The van der Waals surface area contributed by atoms with Crippen LogP contribution in [0.15, 0.2) is 21.6 Å². The fourth-order valence-corrected chi connectivity index (χ4v) is 14.4. The standard InChI is InChI=1S/C5H5.C2H6Si.2CH3.2ClH.Hf/c1-2-4-5-3-1;1-3-2;;;;;/h1-3H,4H2;1-2H3;2*1H3;2*1H;. The number of rotatable bonds is 1. The van der Waals surface area contributed by atoms with Crippen LogP contribution >= 0.6 is 24.8 Å². The summed E-state index contributed by atoms with van der Waals surface area (Å²) in [4.78, 5) is 0. The van der Waals surface area contributed by atoms with Gasteiger partial charge in [-0.2, -0.15) is 0 Å². The molecule has 0 saturated heterocycles. The fourth-order valence-electron chi connectivity index (χ4n) is 1.23. The Morgan fingerprint density at radius 2 is 1.77 bits per heavy atom. The Morgan fingerprint density at radius 3 is 2.08 bits per heavy atom. The number of hydrogen-bond acceptors (Lipinski definition) is 0. The monoisotopic (exact) mass is 405 g/mol. The second kappa shape index (κ2) is 6.60. The number of hydrogen-bond donors (Lipinski definition) is 0. The molecule has 1 aliphatic carbocycles. The molecule has 0 aliphatic heterocycles. The maximum Gasteiger partial charge on any atom is -0.147 e. The molecule has 0 N–H and O–H groups in total. The predicted octanol–water partition coefficient (Wildman–Crippen LogP) is 4.18. The summed E-state index contributed by atoms with van der Waals surface area (Å²) >= 11 is -1.80. The molecule has 0 saturated carbocycles. The quantitative estimate of drug-likeness (QED) is 0.575. The summed E-state index contributed by atoms with van der Waals surface area (Å²) in [5.74, 6) is 0. The van der Waals surface area contributed by atoms with E-state index in [-0.39, 0.29) is 30.3 Å². The second-order valence-electron chi connectivity index (χ2n) is 3.95.